The SMILES string of the molecule is CC[C@H](Oc1ccc(OC)cc1)C(=O)NCCSCc1ccc(Cl)c(Cl)c1. The Morgan fingerprint density at radius 2 is 1.81 bits per heavy atom. The Morgan fingerprint density at radius 3 is 2.44 bits per heavy atom. The van der Waals surface area contributed by atoms with Crippen LogP contribution in [0.2, 0.25) is 10.0 Å². The molecule has 2 aromatic rings. The van der Waals surface area contributed by atoms with Crippen LogP contribution in [0.1, 0.15) is 18.9 Å². The van der Waals surface area contributed by atoms with Gasteiger partial charge in [0.1, 0.15) is 11.5 Å². The van der Waals surface area contributed by atoms with Crippen molar-refractivity contribution < 1.29 is 14.3 Å². The summed E-state index contributed by atoms with van der Waals surface area (Å²) in [5.74, 6) is 2.89. The number of carbonyl (C=O) groups excluding carboxylic acids is 1. The van der Waals surface area contributed by atoms with E-state index in [9.17, 15) is 4.79 Å². The van der Waals surface area contributed by atoms with Crippen LogP contribution in [0.5, 0.6) is 11.5 Å². The minimum Gasteiger partial charge on any atom is -0.497 e. The number of methoxy groups -OCH3 is 1. The molecule has 0 saturated carbocycles. The van der Waals surface area contributed by atoms with Gasteiger partial charge in [-0.25, -0.2) is 0 Å². The minimum atomic E-state index is -0.515. The van der Waals surface area contributed by atoms with E-state index >= 15 is 0 Å². The van der Waals surface area contributed by atoms with Gasteiger partial charge in [0.2, 0.25) is 0 Å². The summed E-state index contributed by atoms with van der Waals surface area (Å²) >= 11 is 13.6. The van der Waals surface area contributed by atoms with Gasteiger partial charge in [-0.05, 0) is 48.4 Å². The summed E-state index contributed by atoms with van der Waals surface area (Å²) in [5, 5.41) is 4.04. The van der Waals surface area contributed by atoms with Crippen molar-refractivity contribution in [1.29, 1.82) is 0 Å². The third-order valence-corrected chi connectivity index (χ3v) is 5.57. The maximum atomic E-state index is 12.3. The van der Waals surface area contributed by atoms with Crippen molar-refractivity contribution in [1.82, 2.24) is 5.32 Å². The van der Waals surface area contributed by atoms with E-state index in [0.717, 1.165) is 22.8 Å². The molecule has 2 aromatic carbocycles. The van der Waals surface area contributed by atoms with Gasteiger partial charge in [0.15, 0.2) is 6.10 Å². The fourth-order valence-electron chi connectivity index (χ4n) is 2.32. The number of rotatable bonds is 10. The standard InChI is InChI=1S/C20H23Cl2NO3S/c1-3-19(26-16-7-5-15(25-2)6-8-16)20(24)23-10-11-27-13-14-4-9-17(21)18(22)12-14/h4-9,12,19H,3,10-11,13H2,1-2H3,(H,23,24)/t19-/m0/s1. The zero-order valence-electron chi connectivity index (χ0n) is 15.3. The van der Waals surface area contributed by atoms with E-state index in [0.29, 0.717) is 28.8 Å². The quantitative estimate of drug-likeness (QED) is 0.528. The van der Waals surface area contributed by atoms with E-state index in [1.54, 1.807) is 49.2 Å². The van der Waals surface area contributed by atoms with E-state index in [1.807, 2.05) is 19.1 Å². The topological polar surface area (TPSA) is 47.6 Å². The average Bonchev–Trinajstić information content (AvgIpc) is 2.68. The molecule has 27 heavy (non-hydrogen) atoms. The molecule has 1 amide bonds. The maximum absolute atomic E-state index is 12.3. The lowest BCUT2D eigenvalue weighted by atomic mass is 10.2. The summed E-state index contributed by atoms with van der Waals surface area (Å²) in [4.78, 5) is 12.3. The largest absolute Gasteiger partial charge is 0.497 e. The number of halogens is 2. The number of ether oxygens (including phenoxy) is 2. The molecule has 0 aliphatic carbocycles. The first-order valence-electron chi connectivity index (χ1n) is 8.63. The Labute approximate surface area is 174 Å². The number of benzene rings is 2. The van der Waals surface area contributed by atoms with E-state index in [1.165, 1.54) is 0 Å². The van der Waals surface area contributed by atoms with Crippen LogP contribution in [0.4, 0.5) is 0 Å². The number of hydrogen-bond acceptors (Lipinski definition) is 4. The van der Waals surface area contributed by atoms with E-state index in [-0.39, 0.29) is 5.91 Å². The zero-order chi connectivity index (χ0) is 19.6. The molecule has 0 bridgehead atoms. The van der Waals surface area contributed by atoms with Crippen molar-refractivity contribution >= 4 is 40.9 Å². The molecule has 7 heteroatoms. The summed E-state index contributed by atoms with van der Waals surface area (Å²) in [6, 6.07) is 12.8. The highest BCUT2D eigenvalue weighted by Gasteiger charge is 2.17. The predicted molar refractivity (Wildman–Crippen MR) is 113 cm³/mol. The van der Waals surface area contributed by atoms with Crippen LogP contribution in [-0.2, 0) is 10.5 Å². The molecule has 0 heterocycles. The van der Waals surface area contributed by atoms with Crippen LogP contribution in [-0.4, -0.2) is 31.4 Å². The van der Waals surface area contributed by atoms with Crippen LogP contribution in [0.3, 0.4) is 0 Å². The summed E-state index contributed by atoms with van der Waals surface area (Å²) in [6.45, 7) is 2.50. The summed E-state index contributed by atoms with van der Waals surface area (Å²) in [6.07, 6.45) is 0.0762. The van der Waals surface area contributed by atoms with Crippen molar-refractivity contribution in [3.63, 3.8) is 0 Å². The van der Waals surface area contributed by atoms with Gasteiger partial charge in [-0.1, -0.05) is 36.2 Å². The van der Waals surface area contributed by atoms with Crippen molar-refractivity contribution in [3.05, 3.63) is 58.1 Å². The fourth-order valence-corrected chi connectivity index (χ4v) is 3.45. The number of nitrogens with one attached hydrogen (secondary N) is 1. The maximum Gasteiger partial charge on any atom is 0.261 e. The van der Waals surface area contributed by atoms with Crippen LogP contribution in [0.25, 0.3) is 0 Å². The van der Waals surface area contributed by atoms with Crippen molar-refractivity contribution in [2.45, 2.75) is 25.2 Å². The molecule has 2 rings (SSSR count). The molecule has 0 saturated heterocycles. The molecule has 146 valence electrons. The predicted octanol–water partition coefficient (Wildman–Crippen LogP) is 5.21. The Kier molecular flexibility index (Phi) is 9.11. The van der Waals surface area contributed by atoms with E-state index in [4.69, 9.17) is 32.7 Å². The lowest BCUT2D eigenvalue weighted by molar-refractivity contribution is -0.127. The van der Waals surface area contributed by atoms with E-state index in [2.05, 4.69) is 5.32 Å². The van der Waals surface area contributed by atoms with Gasteiger partial charge in [-0.3, -0.25) is 4.79 Å². The first kappa shape index (κ1) is 21.7. The molecule has 0 fully saturated rings. The van der Waals surface area contributed by atoms with Gasteiger partial charge in [0.25, 0.3) is 5.91 Å². The molecule has 4 nitrogen and oxygen atoms in total. The summed E-state index contributed by atoms with van der Waals surface area (Å²) in [5.41, 5.74) is 1.11. The second-order valence-corrected chi connectivity index (χ2v) is 7.70. The summed E-state index contributed by atoms with van der Waals surface area (Å²) in [7, 11) is 1.61. The Morgan fingerprint density at radius 1 is 1.11 bits per heavy atom. The lowest BCUT2D eigenvalue weighted by Crippen LogP contribution is -2.39. The van der Waals surface area contributed by atoms with Crippen molar-refractivity contribution in [3.8, 4) is 11.5 Å². The molecule has 0 aromatic heterocycles. The number of amides is 1. The minimum absolute atomic E-state index is 0.108. The van der Waals surface area contributed by atoms with Gasteiger partial charge in [0, 0.05) is 18.1 Å². The van der Waals surface area contributed by atoms with Crippen LogP contribution < -0.4 is 14.8 Å². The second kappa shape index (κ2) is 11.3. The highest BCUT2D eigenvalue weighted by atomic mass is 35.5. The first-order chi connectivity index (χ1) is 13.0. The molecular weight excluding hydrogens is 405 g/mol. The van der Waals surface area contributed by atoms with Gasteiger partial charge >= 0.3 is 0 Å². The number of hydrogen-bond donors (Lipinski definition) is 1. The zero-order valence-corrected chi connectivity index (χ0v) is 17.7. The molecule has 0 unspecified atom stereocenters. The Hall–Kier alpha value is -1.56. The van der Waals surface area contributed by atoms with Crippen LogP contribution in [0, 0.1) is 0 Å². The monoisotopic (exact) mass is 427 g/mol. The highest BCUT2D eigenvalue weighted by Crippen LogP contribution is 2.24. The molecule has 1 atom stereocenters. The third kappa shape index (κ3) is 7.17. The Bertz CT molecular complexity index is 741. The molecule has 0 radical (unpaired) electrons. The smallest absolute Gasteiger partial charge is 0.261 e. The molecule has 0 aliphatic rings. The van der Waals surface area contributed by atoms with Crippen LogP contribution >= 0.6 is 35.0 Å². The Balaban J connectivity index is 1.71. The molecule has 0 aliphatic heterocycles. The van der Waals surface area contributed by atoms with Crippen molar-refractivity contribution in [2.24, 2.45) is 0 Å². The van der Waals surface area contributed by atoms with Gasteiger partial charge in [-0.15, -0.1) is 0 Å². The first-order valence-corrected chi connectivity index (χ1v) is 10.5. The van der Waals surface area contributed by atoms with Gasteiger partial charge in [-0.2, -0.15) is 11.8 Å². The second-order valence-electron chi connectivity index (χ2n) is 5.78. The molecule has 1 N–H and O–H groups in total. The van der Waals surface area contributed by atoms with Gasteiger partial charge in [0.05, 0.1) is 17.2 Å². The average molecular weight is 428 g/mol. The molecular formula is C20H23Cl2NO3S. The molecule has 0 spiro atoms. The lowest BCUT2D eigenvalue weighted by Gasteiger charge is -2.17. The van der Waals surface area contributed by atoms with Crippen molar-refractivity contribution in [2.75, 3.05) is 19.4 Å². The number of carbonyl (C=O) groups is 1. The number of thioether (sulfide) groups is 1. The summed E-state index contributed by atoms with van der Waals surface area (Å²) < 4.78 is 10.9. The van der Waals surface area contributed by atoms with Crippen LogP contribution in [0.15, 0.2) is 42.5 Å². The van der Waals surface area contributed by atoms with E-state index < -0.39 is 6.10 Å². The normalized spacial score (nSPS) is 11.7. The third-order valence-electron chi connectivity index (χ3n) is 3.80. The fraction of sp³-hybridized carbons (Fsp3) is 0.350. The highest BCUT2D eigenvalue weighted by molar-refractivity contribution is 7.98. The van der Waals surface area contributed by atoms with Gasteiger partial charge < -0.3 is 14.8 Å².